The predicted molar refractivity (Wildman–Crippen MR) is 117 cm³/mol. The van der Waals surface area contributed by atoms with E-state index >= 15 is 0 Å². The molecule has 0 bridgehead atoms. The van der Waals surface area contributed by atoms with Gasteiger partial charge in [0.05, 0.1) is 42.6 Å². The zero-order valence-corrected chi connectivity index (χ0v) is 18.2. The number of hydrogen-bond donors (Lipinski definition) is 1. The second-order valence-electron chi connectivity index (χ2n) is 7.53. The number of pyridine rings is 1. The van der Waals surface area contributed by atoms with Crippen molar-refractivity contribution in [2.24, 2.45) is 10.2 Å². The molecule has 34 heavy (non-hydrogen) atoms. The highest BCUT2D eigenvalue weighted by Crippen LogP contribution is 2.31. The van der Waals surface area contributed by atoms with Crippen LogP contribution >= 0.6 is 0 Å². The summed E-state index contributed by atoms with van der Waals surface area (Å²) in [4.78, 5) is 14.0. The molecule has 8 nitrogen and oxygen atoms in total. The Bertz CT molecular complexity index is 1180. The van der Waals surface area contributed by atoms with E-state index < -0.39 is 17.6 Å². The van der Waals surface area contributed by atoms with Gasteiger partial charge in [-0.3, -0.25) is 4.98 Å². The molecule has 1 aliphatic rings. The molecule has 12 heteroatoms. The first-order valence-corrected chi connectivity index (χ1v) is 10.4. The average Bonchev–Trinajstić information content (AvgIpc) is 2.82. The number of anilines is 3. The first-order chi connectivity index (χ1) is 16.3. The van der Waals surface area contributed by atoms with Crippen LogP contribution in [0.1, 0.15) is 16.8 Å². The van der Waals surface area contributed by atoms with Gasteiger partial charge in [-0.2, -0.15) is 23.3 Å². The number of azo groups is 1. The van der Waals surface area contributed by atoms with Gasteiger partial charge in [-0.05, 0) is 36.8 Å². The first kappa shape index (κ1) is 23.5. The molecule has 1 N–H and O–H groups in total. The van der Waals surface area contributed by atoms with E-state index in [0.29, 0.717) is 43.4 Å². The number of aromatic nitrogens is 3. The third kappa shape index (κ3) is 5.81. The van der Waals surface area contributed by atoms with Crippen LogP contribution in [0.25, 0.3) is 0 Å². The topological polar surface area (TPSA) is 87.9 Å². The van der Waals surface area contributed by atoms with Crippen LogP contribution in [-0.2, 0) is 17.5 Å². The van der Waals surface area contributed by atoms with Crippen LogP contribution in [0.4, 0.5) is 40.7 Å². The van der Waals surface area contributed by atoms with Crippen LogP contribution in [0.5, 0.6) is 0 Å². The van der Waals surface area contributed by atoms with Gasteiger partial charge in [0.15, 0.2) is 11.6 Å². The van der Waals surface area contributed by atoms with Crippen molar-refractivity contribution >= 4 is 23.1 Å². The molecule has 1 saturated heterocycles. The highest BCUT2D eigenvalue weighted by molar-refractivity contribution is 5.63. The maximum Gasteiger partial charge on any atom is 0.416 e. The largest absolute Gasteiger partial charge is 0.416 e. The minimum atomic E-state index is -4.42. The van der Waals surface area contributed by atoms with Crippen LogP contribution in [0.15, 0.2) is 53.0 Å². The van der Waals surface area contributed by atoms with Gasteiger partial charge in [-0.25, -0.2) is 9.37 Å². The van der Waals surface area contributed by atoms with E-state index in [-0.39, 0.29) is 18.3 Å². The van der Waals surface area contributed by atoms with E-state index in [0.717, 1.165) is 23.9 Å². The SMILES string of the molecule is Cc1cc(C/N=N/c2ncc(F)c(N3CCOCC3)n2)ncc1Nc1cccc(C(F)(F)F)c1. The van der Waals surface area contributed by atoms with Crippen molar-refractivity contribution < 1.29 is 22.3 Å². The summed E-state index contributed by atoms with van der Waals surface area (Å²) in [6.07, 6.45) is -1.84. The van der Waals surface area contributed by atoms with Crippen molar-refractivity contribution in [2.45, 2.75) is 19.6 Å². The molecular weight excluding hydrogens is 454 g/mol. The van der Waals surface area contributed by atoms with E-state index in [1.54, 1.807) is 24.0 Å². The molecule has 1 aliphatic heterocycles. The fraction of sp³-hybridized carbons (Fsp3) is 0.318. The Morgan fingerprint density at radius 2 is 1.91 bits per heavy atom. The third-order valence-electron chi connectivity index (χ3n) is 5.05. The number of benzene rings is 1. The maximum absolute atomic E-state index is 14.1. The molecule has 0 aliphatic carbocycles. The number of ether oxygens (including phenoxy) is 1. The molecule has 1 fully saturated rings. The Morgan fingerprint density at radius 1 is 1.12 bits per heavy atom. The van der Waals surface area contributed by atoms with E-state index in [1.165, 1.54) is 12.3 Å². The molecule has 3 aromatic rings. The molecule has 1 aromatic carbocycles. The van der Waals surface area contributed by atoms with Crippen molar-refractivity contribution in [2.75, 3.05) is 36.5 Å². The highest BCUT2D eigenvalue weighted by atomic mass is 19.4. The van der Waals surface area contributed by atoms with Gasteiger partial charge in [0.2, 0.25) is 0 Å². The molecular formula is C22H21F4N7O. The lowest BCUT2D eigenvalue weighted by molar-refractivity contribution is -0.137. The summed E-state index contributed by atoms with van der Waals surface area (Å²) >= 11 is 0. The van der Waals surface area contributed by atoms with Crippen LogP contribution in [0.3, 0.4) is 0 Å². The Morgan fingerprint density at radius 3 is 2.65 bits per heavy atom. The van der Waals surface area contributed by atoms with Crippen molar-refractivity contribution in [3.05, 3.63) is 65.4 Å². The quantitative estimate of drug-likeness (QED) is 0.389. The molecule has 0 atom stereocenters. The Kier molecular flexibility index (Phi) is 6.96. The maximum atomic E-state index is 14.1. The van der Waals surface area contributed by atoms with Crippen molar-refractivity contribution in [1.82, 2.24) is 15.0 Å². The van der Waals surface area contributed by atoms with Gasteiger partial charge in [0.1, 0.15) is 6.54 Å². The number of hydrogen-bond acceptors (Lipinski definition) is 8. The predicted octanol–water partition coefficient (Wildman–Crippen LogP) is 5.20. The lowest BCUT2D eigenvalue weighted by atomic mass is 10.1. The second-order valence-corrected chi connectivity index (χ2v) is 7.53. The molecule has 0 spiro atoms. The standard InChI is InChI=1S/C22H21F4N7O/c1-14-9-17(27-13-19(14)30-16-4-2-3-15(10-16)22(24,25)26)11-29-32-21-28-12-18(23)20(31-21)33-5-7-34-8-6-33/h2-4,9-10,12-13,30H,5-8,11H2,1H3/b32-29+. The van der Waals surface area contributed by atoms with Gasteiger partial charge in [0, 0.05) is 18.8 Å². The second kappa shape index (κ2) is 10.1. The minimum Gasteiger partial charge on any atom is -0.378 e. The van der Waals surface area contributed by atoms with E-state index in [2.05, 4.69) is 30.5 Å². The first-order valence-electron chi connectivity index (χ1n) is 10.4. The van der Waals surface area contributed by atoms with E-state index in [9.17, 15) is 17.6 Å². The number of morpholine rings is 1. The summed E-state index contributed by atoms with van der Waals surface area (Å²) in [5.41, 5.74) is 1.49. The molecule has 0 radical (unpaired) electrons. The van der Waals surface area contributed by atoms with Crippen molar-refractivity contribution in [3.8, 4) is 0 Å². The summed E-state index contributed by atoms with van der Waals surface area (Å²) in [5, 5.41) is 11.0. The number of aryl methyl sites for hydroxylation is 1. The lowest BCUT2D eigenvalue weighted by Crippen LogP contribution is -2.37. The van der Waals surface area contributed by atoms with Gasteiger partial charge in [0.25, 0.3) is 5.95 Å². The van der Waals surface area contributed by atoms with Gasteiger partial charge >= 0.3 is 6.18 Å². The summed E-state index contributed by atoms with van der Waals surface area (Å²) in [6, 6.07) is 6.68. The normalized spacial score (nSPS) is 14.6. The van der Waals surface area contributed by atoms with Crippen LogP contribution in [0, 0.1) is 12.7 Å². The van der Waals surface area contributed by atoms with Crippen LogP contribution < -0.4 is 10.2 Å². The third-order valence-corrected chi connectivity index (χ3v) is 5.05. The van der Waals surface area contributed by atoms with Gasteiger partial charge < -0.3 is 15.0 Å². The summed E-state index contributed by atoms with van der Waals surface area (Å²) in [7, 11) is 0. The minimum absolute atomic E-state index is 0.0300. The number of rotatable bonds is 6. The average molecular weight is 475 g/mol. The number of halogens is 4. The fourth-order valence-corrected chi connectivity index (χ4v) is 3.33. The molecule has 2 aromatic heterocycles. The Balaban J connectivity index is 1.41. The lowest BCUT2D eigenvalue weighted by Gasteiger charge is -2.27. The van der Waals surface area contributed by atoms with Crippen molar-refractivity contribution in [1.29, 1.82) is 0 Å². The van der Waals surface area contributed by atoms with E-state index in [4.69, 9.17) is 4.74 Å². The summed E-state index contributed by atoms with van der Waals surface area (Å²) < 4.78 is 58.1. The van der Waals surface area contributed by atoms with Crippen molar-refractivity contribution in [3.63, 3.8) is 0 Å². The summed E-state index contributed by atoms with van der Waals surface area (Å²) in [5.74, 6) is -0.351. The van der Waals surface area contributed by atoms with E-state index in [1.807, 2.05) is 0 Å². The highest BCUT2D eigenvalue weighted by Gasteiger charge is 2.30. The summed E-state index contributed by atoms with van der Waals surface area (Å²) in [6.45, 7) is 3.95. The number of alkyl halides is 3. The van der Waals surface area contributed by atoms with Crippen LogP contribution in [-0.4, -0.2) is 41.3 Å². The molecule has 178 valence electrons. The zero-order chi connectivity index (χ0) is 24.1. The number of nitrogens with zero attached hydrogens (tertiary/aromatic N) is 6. The van der Waals surface area contributed by atoms with Gasteiger partial charge in [-0.1, -0.05) is 6.07 Å². The number of nitrogens with one attached hydrogen (secondary N) is 1. The fourth-order valence-electron chi connectivity index (χ4n) is 3.33. The zero-order valence-electron chi connectivity index (χ0n) is 18.2. The Hall–Kier alpha value is -3.67. The molecule has 3 heterocycles. The molecule has 4 rings (SSSR count). The smallest absolute Gasteiger partial charge is 0.378 e. The molecule has 0 saturated carbocycles. The molecule has 0 amide bonds. The molecule has 0 unspecified atom stereocenters. The van der Waals surface area contributed by atoms with Crippen LogP contribution in [0.2, 0.25) is 0 Å². The van der Waals surface area contributed by atoms with Gasteiger partial charge in [-0.15, -0.1) is 5.11 Å². The Labute approximate surface area is 192 Å². The monoisotopic (exact) mass is 475 g/mol.